The Morgan fingerprint density at radius 3 is 2.88 bits per heavy atom. The minimum atomic E-state index is 0.814. The molecule has 4 atom stereocenters. The Hall–Kier alpha value is -0.340. The second-order valence-corrected chi connectivity index (χ2v) is 6.12. The first-order valence-corrected chi connectivity index (χ1v) is 7.50. The first kappa shape index (κ1) is 11.7. The van der Waals surface area contributed by atoms with Crippen LogP contribution in [0, 0.1) is 17.8 Å². The Bertz CT molecular complexity index is 287. The molecule has 0 aromatic heterocycles. The standard InChI is InChI=1S/C15H26N2/c1-2-17-7-3-4-15(17)11-16-10-14-9-12-5-6-13(14)8-12/h5-6,12-16H,2-4,7-11H2,1H3. The van der Waals surface area contributed by atoms with Gasteiger partial charge in [-0.25, -0.2) is 0 Å². The van der Waals surface area contributed by atoms with E-state index in [0.29, 0.717) is 0 Å². The van der Waals surface area contributed by atoms with E-state index in [1.54, 1.807) is 0 Å². The molecule has 4 unspecified atom stereocenters. The van der Waals surface area contributed by atoms with Crippen molar-refractivity contribution in [3.8, 4) is 0 Å². The summed E-state index contributed by atoms with van der Waals surface area (Å²) in [4.78, 5) is 2.63. The van der Waals surface area contributed by atoms with Crippen LogP contribution >= 0.6 is 0 Å². The van der Waals surface area contributed by atoms with Gasteiger partial charge in [-0.3, -0.25) is 4.90 Å². The van der Waals surface area contributed by atoms with E-state index in [1.807, 2.05) is 0 Å². The number of nitrogens with zero attached hydrogens (tertiary/aromatic N) is 1. The van der Waals surface area contributed by atoms with Crippen LogP contribution in [0.1, 0.15) is 32.6 Å². The Balaban J connectivity index is 1.39. The SMILES string of the molecule is CCN1CCCC1CNCC1CC2C=CC1C2. The number of hydrogen-bond acceptors (Lipinski definition) is 2. The van der Waals surface area contributed by atoms with E-state index in [1.165, 1.54) is 51.9 Å². The fourth-order valence-corrected chi connectivity index (χ4v) is 4.11. The van der Waals surface area contributed by atoms with E-state index in [0.717, 1.165) is 23.8 Å². The van der Waals surface area contributed by atoms with E-state index in [2.05, 4.69) is 29.3 Å². The van der Waals surface area contributed by atoms with E-state index in [9.17, 15) is 0 Å². The maximum Gasteiger partial charge on any atom is 0.0220 e. The Labute approximate surface area is 105 Å². The lowest BCUT2D eigenvalue weighted by Gasteiger charge is -2.25. The predicted molar refractivity (Wildman–Crippen MR) is 72.0 cm³/mol. The maximum atomic E-state index is 3.74. The lowest BCUT2D eigenvalue weighted by Crippen LogP contribution is -2.39. The molecule has 17 heavy (non-hydrogen) atoms. The maximum absolute atomic E-state index is 3.74. The van der Waals surface area contributed by atoms with E-state index >= 15 is 0 Å². The molecule has 2 heteroatoms. The van der Waals surface area contributed by atoms with Gasteiger partial charge in [-0.05, 0) is 63.1 Å². The molecule has 2 nitrogen and oxygen atoms in total. The van der Waals surface area contributed by atoms with Crippen LogP contribution < -0.4 is 5.32 Å². The highest BCUT2D eigenvalue weighted by atomic mass is 15.2. The van der Waals surface area contributed by atoms with Crippen LogP contribution in [0.2, 0.25) is 0 Å². The van der Waals surface area contributed by atoms with E-state index in [-0.39, 0.29) is 0 Å². The van der Waals surface area contributed by atoms with Crippen molar-refractivity contribution in [1.82, 2.24) is 10.2 Å². The molecule has 1 N–H and O–H groups in total. The molecule has 1 heterocycles. The zero-order valence-electron chi connectivity index (χ0n) is 11.1. The summed E-state index contributed by atoms with van der Waals surface area (Å²) in [6.45, 7) is 7.30. The number of allylic oxidation sites excluding steroid dienone is 2. The van der Waals surface area contributed by atoms with Crippen molar-refractivity contribution in [2.24, 2.45) is 17.8 Å². The summed E-state index contributed by atoms with van der Waals surface area (Å²) >= 11 is 0. The lowest BCUT2D eigenvalue weighted by molar-refractivity contribution is 0.254. The number of rotatable bonds is 5. The van der Waals surface area contributed by atoms with Crippen molar-refractivity contribution in [1.29, 1.82) is 0 Å². The van der Waals surface area contributed by atoms with Gasteiger partial charge in [0.1, 0.15) is 0 Å². The van der Waals surface area contributed by atoms with Crippen molar-refractivity contribution in [3.05, 3.63) is 12.2 Å². The van der Waals surface area contributed by atoms with Crippen molar-refractivity contribution in [3.63, 3.8) is 0 Å². The normalized spacial score (nSPS) is 40.5. The molecule has 1 saturated carbocycles. The Morgan fingerprint density at radius 2 is 2.18 bits per heavy atom. The topological polar surface area (TPSA) is 15.3 Å². The number of likely N-dealkylation sites (tertiary alicyclic amines) is 1. The average Bonchev–Trinajstić information content (AvgIpc) is 3.04. The fourth-order valence-electron chi connectivity index (χ4n) is 4.11. The summed E-state index contributed by atoms with van der Waals surface area (Å²) in [6.07, 6.45) is 10.6. The smallest absolute Gasteiger partial charge is 0.0220 e. The third-order valence-electron chi connectivity index (χ3n) is 5.11. The summed E-state index contributed by atoms with van der Waals surface area (Å²) in [6, 6.07) is 0.814. The third-order valence-corrected chi connectivity index (χ3v) is 5.11. The Morgan fingerprint density at radius 1 is 1.24 bits per heavy atom. The van der Waals surface area contributed by atoms with Gasteiger partial charge in [0.2, 0.25) is 0 Å². The van der Waals surface area contributed by atoms with Crippen LogP contribution in [0.25, 0.3) is 0 Å². The largest absolute Gasteiger partial charge is 0.315 e. The molecular formula is C15H26N2. The molecule has 0 radical (unpaired) electrons. The molecule has 3 aliphatic rings. The van der Waals surface area contributed by atoms with E-state index in [4.69, 9.17) is 0 Å². The number of fused-ring (bicyclic) bond motifs is 2. The summed E-state index contributed by atoms with van der Waals surface area (Å²) < 4.78 is 0. The van der Waals surface area contributed by atoms with Gasteiger partial charge in [-0.1, -0.05) is 19.1 Å². The highest BCUT2D eigenvalue weighted by Crippen LogP contribution is 2.42. The molecule has 3 rings (SSSR count). The van der Waals surface area contributed by atoms with E-state index < -0.39 is 0 Å². The van der Waals surface area contributed by atoms with Gasteiger partial charge in [0.05, 0.1) is 0 Å². The van der Waals surface area contributed by atoms with Gasteiger partial charge in [0.15, 0.2) is 0 Å². The van der Waals surface area contributed by atoms with Gasteiger partial charge < -0.3 is 5.32 Å². The number of nitrogens with one attached hydrogen (secondary N) is 1. The molecule has 2 bridgehead atoms. The predicted octanol–water partition coefficient (Wildman–Crippen LogP) is 2.27. The number of hydrogen-bond donors (Lipinski definition) is 1. The molecule has 0 aromatic rings. The molecule has 1 saturated heterocycles. The lowest BCUT2D eigenvalue weighted by atomic mass is 9.93. The third kappa shape index (κ3) is 2.43. The van der Waals surface area contributed by atoms with Gasteiger partial charge >= 0.3 is 0 Å². The molecule has 2 fully saturated rings. The van der Waals surface area contributed by atoms with Crippen molar-refractivity contribution >= 4 is 0 Å². The molecular weight excluding hydrogens is 208 g/mol. The Kier molecular flexibility index (Phi) is 3.53. The summed E-state index contributed by atoms with van der Waals surface area (Å²) in [5, 5.41) is 3.74. The summed E-state index contributed by atoms with van der Waals surface area (Å²) in [7, 11) is 0. The monoisotopic (exact) mass is 234 g/mol. The highest BCUT2D eigenvalue weighted by Gasteiger charge is 2.35. The second-order valence-electron chi connectivity index (χ2n) is 6.12. The first-order chi connectivity index (χ1) is 8.36. The summed E-state index contributed by atoms with van der Waals surface area (Å²) in [5.74, 6) is 2.75. The average molecular weight is 234 g/mol. The van der Waals surface area contributed by atoms with Crippen molar-refractivity contribution < 1.29 is 0 Å². The van der Waals surface area contributed by atoms with Crippen LogP contribution in [-0.2, 0) is 0 Å². The van der Waals surface area contributed by atoms with Crippen LogP contribution in [0.15, 0.2) is 12.2 Å². The van der Waals surface area contributed by atoms with Crippen molar-refractivity contribution in [2.75, 3.05) is 26.2 Å². The van der Waals surface area contributed by atoms with Crippen LogP contribution in [0.5, 0.6) is 0 Å². The van der Waals surface area contributed by atoms with Crippen LogP contribution in [0.3, 0.4) is 0 Å². The molecule has 0 amide bonds. The molecule has 1 aliphatic heterocycles. The van der Waals surface area contributed by atoms with Gasteiger partial charge in [-0.2, -0.15) is 0 Å². The van der Waals surface area contributed by atoms with Crippen molar-refractivity contribution in [2.45, 2.75) is 38.6 Å². The number of likely N-dealkylation sites (N-methyl/N-ethyl adjacent to an activating group) is 1. The zero-order chi connectivity index (χ0) is 11.7. The van der Waals surface area contributed by atoms with Gasteiger partial charge in [-0.15, -0.1) is 0 Å². The quantitative estimate of drug-likeness (QED) is 0.734. The first-order valence-electron chi connectivity index (χ1n) is 7.50. The zero-order valence-corrected chi connectivity index (χ0v) is 11.1. The van der Waals surface area contributed by atoms with Crippen LogP contribution in [0.4, 0.5) is 0 Å². The van der Waals surface area contributed by atoms with Gasteiger partial charge in [0.25, 0.3) is 0 Å². The van der Waals surface area contributed by atoms with Crippen LogP contribution in [-0.4, -0.2) is 37.1 Å². The minimum absolute atomic E-state index is 0.814. The second kappa shape index (κ2) is 5.11. The molecule has 0 spiro atoms. The molecule has 2 aliphatic carbocycles. The van der Waals surface area contributed by atoms with Gasteiger partial charge in [0, 0.05) is 12.6 Å². The minimum Gasteiger partial charge on any atom is -0.315 e. The highest BCUT2D eigenvalue weighted by molar-refractivity contribution is 5.10. The fraction of sp³-hybridized carbons (Fsp3) is 0.867. The summed E-state index contributed by atoms with van der Waals surface area (Å²) in [5.41, 5.74) is 0. The molecule has 0 aromatic carbocycles. The molecule has 96 valence electrons.